The molecule has 30 heavy (non-hydrogen) atoms. The van der Waals surface area contributed by atoms with Gasteiger partial charge in [-0.25, -0.2) is 23.1 Å². The summed E-state index contributed by atoms with van der Waals surface area (Å²) in [5, 5.41) is 8.26. The third-order valence-corrected chi connectivity index (χ3v) is 5.29. The first-order valence-electron chi connectivity index (χ1n) is 8.69. The number of ether oxygens (including phenoxy) is 1. The number of nitrogens with one attached hydrogen (secondary N) is 1. The standard InChI is InChI=1S/C20H18N2O7S/c1-11-3-4-13(7-18(11)30(21,26)27)20(25)28-10-14-8-19(24)29-17-9-15(22-12(2)23)5-6-16(14)17/h3-9H,10H2,1-2H3,(H,22,23)(H2,21,26,27). The number of carbonyl (C=O) groups is 2. The van der Waals surface area contributed by atoms with Gasteiger partial charge in [0.15, 0.2) is 0 Å². The predicted molar refractivity (Wildman–Crippen MR) is 108 cm³/mol. The highest BCUT2D eigenvalue weighted by Gasteiger charge is 2.17. The molecule has 0 bridgehead atoms. The van der Waals surface area contributed by atoms with Crippen molar-refractivity contribution in [2.45, 2.75) is 25.3 Å². The maximum Gasteiger partial charge on any atom is 0.338 e. The molecule has 0 atom stereocenters. The van der Waals surface area contributed by atoms with Crippen LogP contribution in [0.2, 0.25) is 0 Å². The Morgan fingerprint density at radius 1 is 1.13 bits per heavy atom. The van der Waals surface area contributed by atoms with Crippen molar-refractivity contribution in [3.05, 3.63) is 69.6 Å². The summed E-state index contributed by atoms with van der Waals surface area (Å²) in [6.07, 6.45) is 0. The van der Waals surface area contributed by atoms with Crippen molar-refractivity contribution < 1.29 is 27.2 Å². The van der Waals surface area contributed by atoms with Gasteiger partial charge in [-0.15, -0.1) is 0 Å². The van der Waals surface area contributed by atoms with Crippen molar-refractivity contribution in [1.29, 1.82) is 0 Å². The Morgan fingerprint density at radius 3 is 2.53 bits per heavy atom. The summed E-state index contributed by atoms with van der Waals surface area (Å²) in [5.41, 5.74) is 0.803. The van der Waals surface area contributed by atoms with Gasteiger partial charge in [-0.05, 0) is 36.8 Å². The summed E-state index contributed by atoms with van der Waals surface area (Å²) in [6.45, 7) is 2.65. The fraction of sp³-hybridized carbons (Fsp3) is 0.150. The number of fused-ring (bicyclic) bond motifs is 1. The Bertz CT molecular complexity index is 1330. The van der Waals surface area contributed by atoms with E-state index in [1.165, 1.54) is 31.2 Å². The third-order valence-electron chi connectivity index (χ3n) is 4.24. The molecule has 0 unspecified atom stereocenters. The number of hydrogen-bond acceptors (Lipinski definition) is 7. The summed E-state index contributed by atoms with van der Waals surface area (Å²) in [4.78, 5) is 35.3. The SMILES string of the molecule is CC(=O)Nc1ccc2c(COC(=O)c3ccc(C)c(S(N)(=O)=O)c3)cc(=O)oc2c1. The first-order valence-corrected chi connectivity index (χ1v) is 10.2. The Hall–Kier alpha value is -3.50. The van der Waals surface area contributed by atoms with Gasteiger partial charge in [0.2, 0.25) is 15.9 Å². The van der Waals surface area contributed by atoms with Crippen LogP contribution in [-0.4, -0.2) is 20.3 Å². The highest BCUT2D eigenvalue weighted by atomic mass is 32.2. The van der Waals surface area contributed by atoms with Crippen LogP contribution in [0, 0.1) is 6.92 Å². The lowest BCUT2D eigenvalue weighted by Crippen LogP contribution is -2.15. The van der Waals surface area contributed by atoms with E-state index in [0.717, 1.165) is 6.07 Å². The minimum Gasteiger partial charge on any atom is -0.457 e. The highest BCUT2D eigenvalue weighted by molar-refractivity contribution is 7.89. The molecule has 2 aromatic carbocycles. The first-order chi connectivity index (χ1) is 14.0. The minimum atomic E-state index is -4.00. The molecule has 3 rings (SSSR count). The predicted octanol–water partition coefficient (Wildman–Crippen LogP) is 2.06. The number of benzene rings is 2. The van der Waals surface area contributed by atoms with Gasteiger partial charge in [0.1, 0.15) is 12.2 Å². The van der Waals surface area contributed by atoms with Gasteiger partial charge in [-0.3, -0.25) is 4.79 Å². The molecule has 0 spiro atoms. The molecule has 0 radical (unpaired) electrons. The van der Waals surface area contributed by atoms with Crippen molar-refractivity contribution in [2.75, 3.05) is 5.32 Å². The van der Waals surface area contributed by atoms with Gasteiger partial charge >= 0.3 is 11.6 Å². The lowest BCUT2D eigenvalue weighted by atomic mass is 10.1. The molecule has 1 aromatic heterocycles. The van der Waals surface area contributed by atoms with Crippen LogP contribution < -0.4 is 16.1 Å². The Labute approximate surface area is 171 Å². The molecule has 10 heteroatoms. The molecular formula is C20H18N2O7S. The van der Waals surface area contributed by atoms with E-state index < -0.39 is 21.6 Å². The number of primary sulfonamides is 1. The number of nitrogens with two attached hydrogens (primary N) is 1. The zero-order chi connectivity index (χ0) is 22.1. The first kappa shape index (κ1) is 21.2. The summed E-state index contributed by atoms with van der Waals surface area (Å²) >= 11 is 0. The molecular weight excluding hydrogens is 412 g/mol. The normalized spacial score (nSPS) is 11.3. The average molecular weight is 430 g/mol. The molecule has 9 nitrogen and oxygen atoms in total. The van der Waals surface area contributed by atoms with E-state index in [1.807, 2.05) is 0 Å². The number of rotatable bonds is 5. The zero-order valence-electron chi connectivity index (χ0n) is 16.1. The van der Waals surface area contributed by atoms with Crippen LogP contribution in [0.5, 0.6) is 0 Å². The quantitative estimate of drug-likeness (QED) is 0.465. The van der Waals surface area contributed by atoms with Crippen LogP contribution in [0.1, 0.15) is 28.4 Å². The fourth-order valence-corrected chi connectivity index (χ4v) is 3.70. The molecule has 156 valence electrons. The van der Waals surface area contributed by atoms with E-state index in [4.69, 9.17) is 14.3 Å². The van der Waals surface area contributed by atoms with Gasteiger partial charge < -0.3 is 14.5 Å². The fourth-order valence-electron chi connectivity index (χ4n) is 2.89. The lowest BCUT2D eigenvalue weighted by molar-refractivity contribution is -0.114. The van der Waals surface area contributed by atoms with E-state index in [-0.39, 0.29) is 28.6 Å². The monoisotopic (exact) mass is 430 g/mol. The molecule has 3 N–H and O–H groups in total. The van der Waals surface area contributed by atoms with Crippen LogP contribution in [0.15, 0.2) is 56.6 Å². The maximum absolute atomic E-state index is 12.4. The van der Waals surface area contributed by atoms with E-state index >= 15 is 0 Å². The molecule has 0 aliphatic carbocycles. The van der Waals surface area contributed by atoms with Crippen LogP contribution in [0.25, 0.3) is 11.0 Å². The summed E-state index contributed by atoms with van der Waals surface area (Å²) < 4.78 is 33.7. The number of anilines is 1. The molecule has 1 heterocycles. The third kappa shape index (κ3) is 4.73. The smallest absolute Gasteiger partial charge is 0.338 e. The van der Waals surface area contributed by atoms with Crippen LogP contribution in [0.4, 0.5) is 5.69 Å². The van der Waals surface area contributed by atoms with Crippen molar-refractivity contribution in [2.24, 2.45) is 5.14 Å². The second kappa shape index (κ2) is 8.09. The second-order valence-electron chi connectivity index (χ2n) is 6.58. The molecule has 0 aliphatic heterocycles. The number of amides is 1. The van der Waals surface area contributed by atoms with E-state index in [0.29, 0.717) is 22.2 Å². The van der Waals surface area contributed by atoms with Gasteiger partial charge in [-0.2, -0.15) is 0 Å². The summed E-state index contributed by atoms with van der Waals surface area (Å²) in [7, 11) is -4.00. The van der Waals surface area contributed by atoms with Gasteiger partial charge in [0.05, 0.1) is 10.5 Å². The molecule has 0 saturated heterocycles. The Balaban J connectivity index is 1.87. The number of hydrogen-bond donors (Lipinski definition) is 2. The van der Waals surface area contributed by atoms with Crippen LogP contribution in [-0.2, 0) is 26.2 Å². The molecule has 0 fully saturated rings. The summed E-state index contributed by atoms with van der Waals surface area (Å²) in [5.74, 6) is -1.06. The van der Waals surface area contributed by atoms with E-state index in [2.05, 4.69) is 5.32 Å². The summed E-state index contributed by atoms with van der Waals surface area (Å²) in [6, 6.07) is 9.94. The Kier molecular flexibility index (Phi) is 5.72. The largest absolute Gasteiger partial charge is 0.457 e. The lowest BCUT2D eigenvalue weighted by Gasteiger charge is -2.10. The van der Waals surface area contributed by atoms with E-state index in [1.54, 1.807) is 19.1 Å². The average Bonchev–Trinajstić information content (AvgIpc) is 2.64. The van der Waals surface area contributed by atoms with Gasteiger partial charge in [-0.1, -0.05) is 6.07 Å². The van der Waals surface area contributed by atoms with Crippen molar-refractivity contribution in [3.8, 4) is 0 Å². The number of sulfonamides is 1. The minimum absolute atomic E-state index is 0.00448. The topological polar surface area (TPSA) is 146 Å². The molecule has 1 amide bonds. The zero-order valence-corrected chi connectivity index (χ0v) is 16.9. The van der Waals surface area contributed by atoms with E-state index in [9.17, 15) is 22.8 Å². The van der Waals surface area contributed by atoms with Crippen LogP contribution >= 0.6 is 0 Å². The Morgan fingerprint density at radius 2 is 1.87 bits per heavy atom. The highest BCUT2D eigenvalue weighted by Crippen LogP contribution is 2.23. The number of esters is 1. The maximum atomic E-state index is 12.4. The number of carbonyl (C=O) groups excluding carboxylic acids is 2. The van der Waals surface area contributed by atoms with Crippen molar-refractivity contribution >= 4 is 38.6 Å². The second-order valence-corrected chi connectivity index (χ2v) is 8.11. The van der Waals surface area contributed by atoms with Gasteiger partial charge in [0.25, 0.3) is 0 Å². The van der Waals surface area contributed by atoms with Crippen LogP contribution in [0.3, 0.4) is 0 Å². The molecule has 3 aromatic rings. The molecule has 0 saturated carbocycles. The van der Waals surface area contributed by atoms with Crippen molar-refractivity contribution in [3.63, 3.8) is 0 Å². The van der Waals surface area contributed by atoms with Crippen molar-refractivity contribution in [1.82, 2.24) is 0 Å². The molecule has 0 aliphatic rings. The number of aryl methyl sites for hydroxylation is 1. The van der Waals surface area contributed by atoms with Gasteiger partial charge in [0, 0.05) is 35.7 Å².